The van der Waals surface area contributed by atoms with Crippen molar-refractivity contribution >= 4 is 11.9 Å². The Hall–Kier alpha value is -1.91. The zero-order chi connectivity index (χ0) is 15.5. The molecule has 0 saturated heterocycles. The SMILES string of the molecule is CCCC(NC(=O)C1(Cc2ccccc2F)CC1)C(=O)O. The molecule has 1 aromatic carbocycles. The van der Waals surface area contributed by atoms with Crippen LogP contribution >= 0.6 is 0 Å². The van der Waals surface area contributed by atoms with E-state index < -0.39 is 17.4 Å². The van der Waals surface area contributed by atoms with Crippen LogP contribution in [0.1, 0.15) is 38.2 Å². The number of amides is 1. The summed E-state index contributed by atoms with van der Waals surface area (Å²) in [6.45, 7) is 1.87. The molecule has 1 atom stereocenters. The van der Waals surface area contributed by atoms with E-state index in [2.05, 4.69) is 5.32 Å². The molecule has 0 aliphatic heterocycles. The summed E-state index contributed by atoms with van der Waals surface area (Å²) in [5.41, 5.74) is -0.128. The minimum atomic E-state index is -1.02. The summed E-state index contributed by atoms with van der Waals surface area (Å²) in [6, 6.07) is 5.54. The summed E-state index contributed by atoms with van der Waals surface area (Å²) in [4.78, 5) is 23.4. The first-order valence-corrected chi connectivity index (χ1v) is 7.26. The molecular weight excluding hydrogens is 273 g/mol. The van der Waals surface area contributed by atoms with Crippen molar-refractivity contribution in [2.45, 2.75) is 45.1 Å². The number of benzene rings is 1. The van der Waals surface area contributed by atoms with Gasteiger partial charge in [0.05, 0.1) is 5.41 Å². The Labute approximate surface area is 123 Å². The van der Waals surface area contributed by atoms with Crippen molar-refractivity contribution in [3.05, 3.63) is 35.6 Å². The van der Waals surface area contributed by atoms with Crippen molar-refractivity contribution in [3.8, 4) is 0 Å². The number of aliphatic carboxylic acids is 1. The largest absolute Gasteiger partial charge is 0.480 e. The molecule has 1 unspecified atom stereocenters. The average Bonchev–Trinajstić information content (AvgIpc) is 3.22. The van der Waals surface area contributed by atoms with Gasteiger partial charge in [-0.2, -0.15) is 0 Å². The van der Waals surface area contributed by atoms with Gasteiger partial charge in [-0.1, -0.05) is 31.5 Å². The molecule has 21 heavy (non-hydrogen) atoms. The highest BCUT2D eigenvalue weighted by atomic mass is 19.1. The molecule has 1 amide bonds. The zero-order valence-electron chi connectivity index (χ0n) is 12.1. The van der Waals surface area contributed by atoms with E-state index in [-0.39, 0.29) is 11.7 Å². The highest BCUT2D eigenvalue weighted by Crippen LogP contribution is 2.49. The Balaban J connectivity index is 2.04. The van der Waals surface area contributed by atoms with Crippen LogP contribution < -0.4 is 5.32 Å². The molecule has 5 heteroatoms. The van der Waals surface area contributed by atoms with Gasteiger partial charge < -0.3 is 10.4 Å². The molecule has 2 rings (SSSR count). The van der Waals surface area contributed by atoms with E-state index in [1.54, 1.807) is 18.2 Å². The number of carbonyl (C=O) groups excluding carboxylic acids is 1. The third-order valence-corrected chi connectivity index (χ3v) is 4.00. The predicted molar refractivity (Wildman–Crippen MR) is 76.2 cm³/mol. The van der Waals surface area contributed by atoms with Crippen molar-refractivity contribution in [1.29, 1.82) is 0 Å². The second-order valence-electron chi connectivity index (χ2n) is 5.70. The van der Waals surface area contributed by atoms with Crippen LogP contribution in [0.15, 0.2) is 24.3 Å². The van der Waals surface area contributed by atoms with Crippen LogP contribution in [-0.4, -0.2) is 23.0 Å². The van der Waals surface area contributed by atoms with E-state index in [4.69, 9.17) is 5.11 Å². The second kappa shape index (κ2) is 6.24. The van der Waals surface area contributed by atoms with Crippen molar-refractivity contribution < 1.29 is 19.1 Å². The maximum atomic E-state index is 13.7. The quantitative estimate of drug-likeness (QED) is 0.812. The highest BCUT2D eigenvalue weighted by molar-refractivity contribution is 5.89. The number of halogens is 1. The molecule has 1 aliphatic rings. The standard InChI is InChI=1S/C16H20FNO3/c1-2-5-13(14(19)20)18-15(21)16(8-9-16)10-11-6-3-4-7-12(11)17/h3-4,6-7,13H,2,5,8-10H2,1H3,(H,18,21)(H,19,20). The lowest BCUT2D eigenvalue weighted by Crippen LogP contribution is -2.44. The number of rotatable bonds is 7. The first-order chi connectivity index (χ1) is 9.98. The highest BCUT2D eigenvalue weighted by Gasteiger charge is 2.50. The summed E-state index contributed by atoms with van der Waals surface area (Å²) in [6.07, 6.45) is 2.75. The van der Waals surface area contributed by atoms with E-state index in [9.17, 15) is 14.0 Å². The number of nitrogens with one attached hydrogen (secondary N) is 1. The molecule has 4 nitrogen and oxygen atoms in total. The molecule has 2 N–H and O–H groups in total. The van der Waals surface area contributed by atoms with Crippen molar-refractivity contribution in [2.24, 2.45) is 5.41 Å². The Morgan fingerprint density at radius 3 is 2.57 bits per heavy atom. The van der Waals surface area contributed by atoms with Gasteiger partial charge in [0.25, 0.3) is 0 Å². The van der Waals surface area contributed by atoms with Gasteiger partial charge >= 0.3 is 5.97 Å². The number of hydrogen-bond acceptors (Lipinski definition) is 2. The van der Waals surface area contributed by atoms with E-state index in [0.29, 0.717) is 37.7 Å². The van der Waals surface area contributed by atoms with Crippen LogP contribution in [0.3, 0.4) is 0 Å². The Morgan fingerprint density at radius 1 is 1.38 bits per heavy atom. The summed E-state index contributed by atoms with van der Waals surface area (Å²) < 4.78 is 13.7. The fourth-order valence-corrected chi connectivity index (χ4v) is 2.50. The summed E-state index contributed by atoms with van der Waals surface area (Å²) >= 11 is 0. The summed E-state index contributed by atoms with van der Waals surface area (Å²) in [5.74, 6) is -1.61. The molecule has 0 bridgehead atoms. The third kappa shape index (κ3) is 3.60. The molecule has 0 spiro atoms. The van der Waals surface area contributed by atoms with Crippen molar-refractivity contribution in [2.75, 3.05) is 0 Å². The molecule has 0 heterocycles. The van der Waals surface area contributed by atoms with Gasteiger partial charge in [-0.3, -0.25) is 4.79 Å². The summed E-state index contributed by atoms with van der Waals surface area (Å²) in [7, 11) is 0. The smallest absolute Gasteiger partial charge is 0.326 e. The number of carboxylic acid groups (broad SMARTS) is 1. The molecule has 1 aliphatic carbocycles. The fraction of sp³-hybridized carbons (Fsp3) is 0.500. The van der Waals surface area contributed by atoms with Crippen LogP contribution in [-0.2, 0) is 16.0 Å². The van der Waals surface area contributed by atoms with Gasteiger partial charge in [-0.05, 0) is 37.3 Å². The van der Waals surface area contributed by atoms with Crippen LogP contribution in [0.25, 0.3) is 0 Å². The molecule has 1 aromatic rings. The van der Waals surface area contributed by atoms with Crippen LogP contribution in [0.2, 0.25) is 0 Å². The van der Waals surface area contributed by atoms with Crippen LogP contribution in [0.4, 0.5) is 4.39 Å². The van der Waals surface area contributed by atoms with Gasteiger partial charge in [0.1, 0.15) is 11.9 Å². The topological polar surface area (TPSA) is 66.4 Å². The van der Waals surface area contributed by atoms with Crippen molar-refractivity contribution in [1.82, 2.24) is 5.32 Å². The van der Waals surface area contributed by atoms with E-state index in [1.165, 1.54) is 6.07 Å². The number of hydrogen-bond donors (Lipinski definition) is 2. The third-order valence-electron chi connectivity index (χ3n) is 4.00. The number of carboxylic acids is 1. The zero-order valence-corrected chi connectivity index (χ0v) is 12.1. The maximum absolute atomic E-state index is 13.7. The maximum Gasteiger partial charge on any atom is 0.326 e. The molecule has 0 radical (unpaired) electrons. The van der Waals surface area contributed by atoms with Gasteiger partial charge in [0, 0.05) is 0 Å². The second-order valence-corrected chi connectivity index (χ2v) is 5.70. The molecule has 0 aromatic heterocycles. The Morgan fingerprint density at radius 2 is 2.05 bits per heavy atom. The molecule has 1 fully saturated rings. The number of carbonyl (C=O) groups is 2. The lowest BCUT2D eigenvalue weighted by atomic mass is 9.94. The molecule has 114 valence electrons. The van der Waals surface area contributed by atoms with E-state index >= 15 is 0 Å². The average molecular weight is 293 g/mol. The van der Waals surface area contributed by atoms with Crippen molar-refractivity contribution in [3.63, 3.8) is 0 Å². The first-order valence-electron chi connectivity index (χ1n) is 7.26. The van der Waals surface area contributed by atoms with Gasteiger partial charge in [-0.25, -0.2) is 9.18 Å². The lowest BCUT2D eigenvalue weighted by molar-refractivity contribution is -0.143. The van der Waals surface area contributed by atoms with Gasteiger partial charge in [-0.15, -0.1) is 0 Å². The Kier molecular flexibility index (Phi) is 4.60. The van der Waals surface area contributed by atoms with Gasteiger partial charge in [0.15, 0.2) is 0 Å². The predicted octanol–water partition coefficient (Wildman–Crippen LogP) is 2.52. The fourth-order valence-electron chi connectivity index (χ4n) is 2.50. The molecule has 1 saturated carbocycles. The van der Waals surface area contributed by atoms with E-state index in [0.717, 1.165) is 0 Å². The summed E-state index contributed by atoms with van der Waals surface area (Å²) in [5, 5.41) is 11.7. The Bertz CT molecular complexity index is 540. The van der Waals surface area contributed by atoms with E-state index in [1.807, 2.05) is 6.92 Å². The first kappa shape index (κ1) is 15.5. The van der Waals surface area contributed by atoms with Crippen LogP contribution in [0, 0.1) is 11.2 Å². The van der Waals surface area contributed by atoms with Gasteiger partial charge in [0.2, 0.25) is 5.91 Å². The minimum absolute atomic E-state index is 0.272. The monoisotopic (exact) mass is 293 g/mol. The normalized spacial score (nSPS) is 17.0. The minimum Gasteiger partial charge on any atom is -0.480 e. The lowest BCUT2D eigenvalue weighted by Gasteiger charge is -2.19. The van der Waals surface area contributed by atoms with Crippen LogP contribution in [0.5, 0.6) is 0 Å². The molecular formula is C16H20FNO3.